The molecule has 1 aliphatic rings. The molecule has 2 N–H and O–H groups in total. The highest BCUT2D eigenvalue weighted by Gasteiger charge is 2.29. The number of amides is 1. The summed E-state index contributed by atoms with van der Waals surface area (Å²) in [6.45, 7) is 0.758. The van der Waals surface area contributed by atoms with Crippen molar-refractivity contribution < 1.29 is 18.3 Å². The minimum absolute atomic E-state index is 0.0129. The summed E-state index contributed by atoms with van der Waals surface area (Å²) in [5, 5.41) is 13.8. The number of nitrogens with one attached hydrogen (secondary N) is 1. The van der Waals surface area contributed by atoms with Gasteiger partial charge in [-0.1, -0.05) is 18.2 Å². The number of rotatable bonds is 6. The molecule has 0 aliphatic carbocycles. The van der Waals surface area contributed by atoms with Gasteiger partial charge in [0.25, 0.3) is 0 Å². The molecule has 0 saturated carbocycles. The number of carbonyl (C=O) groups is 1. The van der Waals surface area contributed by atoms with Crippen molar-refractivity contribution in [2.45, 2.75) is 30.4 Å². The van der Waals surface area contributed by atoms with Crippen molar-refractivity contribution in [2.24, 2.45) is 0 Å². The molecule has 0 unspecified atom stereocenters. The summed E-state index contributed by atoms with van der Waals surface area (Å²) in [5.41, 5.74) is 0.826. The summed E-state index contributed by atoms with van der Waals surface area (Å²) in [6.07, 6.45) is 4.35. The summed E-state index contributed by atoms with van der Waals surface area (Å²) in [6, 6.07) is 10.2. The lowest BCUT2D eigenvalue weighted by molar-refractivity contribution is -0.117. The maximum Gasteiger partial charge on any atom is 0.244 e. The molecule has 6 nitrogen and oxygen atoms in total. The number of benzene rings is 1. The van der Waals surface area contributed by atoms with Crippen LogP contribution in [-0.4, -0.2) is 42.9 Å². The molecule has 0 bridgehead atoms. The van der Waals surface area contributed by atoms with Crippen molar-refractivity contribution in [1.82, 2.24) is 9.62 Å². The molecule has 8 heteroatoms. The highest BCUT2D eigenvalue weighted by Crippen LogP contribution is 2.21. The first kappa shape index (κ1) is 19.8. The zero-order valence-electron chi connectivity index (χ0n) is 14.7. The Hall–Kier alpha value is -2.00. The predicted octanol–water partition coefficient (Wildman–Crippen LogP) is 2.22. The summed E-state index contributed by atoms with van der Waals surface area (Å²) in [7, 11) is -3.47. The maximum atomic E-state index is 12.6. The Bertz CT molecular complexity index is 899. The quantitative estimate of drug-likeness (QED) is 0.720. The molecule has 0 atom stereocenters. The van der Waals surface area contributed by atoms with Crippen LogP contribution in [0.4, 0.5) is 0 Å². The van der Waals surface area contributed by atoms with Gasteiger partial charge in [0.15, 0.2) is 0 Å². The van der Waals surface area contributed by atoms with Gasteiger partial charge in [-0.15, -0.1) is 11.3 Å². The third kappa shape index (κ3) is 5.04. The van der Waals surface area contributed by atoms with Crippen LogP contribution in [0.2, 0.25) is 0 Å². The molecule has 1 amide bonds. The monoisotopic (exact) mass is 406 g/mol. The largest absolute Gasteiger partial charge is 0.392 e. The van der Waals surface area contributed by atoms with Gasteiger partial charge in [-0.05, 0) is 48.1 Å². The Kier molecular flexibility index (Phi) is 6.43. The van der Waals surface area contributed by atoms with E-state index in [1.165, 1.54) is 21.7 Å². The fourth-order valence-corrected chi connectivity index (χ4v) is 5.24. The number of hydrogen-bond acceptors (Lipinski definition) is 5. The van der Waals surface area contributed by atoms with E-state index in [-0.39, 0.29) is 18.6 Å². The fraction of sp³-hybridized carbons (Fsp3) is 0.316. The van der Waals surface area contributed by atoms with Crippen LogP contribution in [0.15, 0.2) is 52.7 Å². The van der Waals surface area contributed by atoms with Crippen LogP contribution in [0.5, 0.6) is 0 Å². The average Bonchev–Trinajstić information content (AvgIpc) is 3.16. The summed E-state index contributed by atoms with van der Waals surface area (Å²) in [4.78, 5) is 13.3. The van der Waals surface area contributed by atoms with Crippen LogP contribution < -0.4 is 5.32 Å². The normalized spacial score (nSPS) is 16.6. The Morgan fingerprint density at radius 3 is 2.59 bits per heavy atom. The average molecular weight is 407 g/mol. The van der Waals surface area contributed by atoms with Crippen LogP contribution in [0.1, 0.15) is 23.3 Å². The minimum atomic E-state index is -3.47. The second kappa shape index (κ2) is 8.79. The van der Waals surface area contributed by atoms with Gasteiger partial charge in [0.1, 0.15) is 0 Å². The van der Waals surface area contributed by atoms with Gasteiger partial charge in [-0.3, -0.25) is 4.79 Å². The highest BCUT2D eigenvalue weighted by molar-refractivity contribution is 7.89. The molecule has 1 fully saturated rings. The van der Waals surface area contributed by atoms with Crippen LogP contribution in [-0.2, 0) is 21.4 Å². The van der Waals surface area contributed by atoms with Gasteiger partial charge in [0.05, 0.1) is 11.5 Å². The SMILES string of the molecule is O=C(C=Cc1cc(CO)cs1)NC1CCN(S(=O)(=O)c2ccccc2)CC1. The number of thiophene rings is 1. The molecule has 2 aromatic rings. The first-order chi connectivity index (χ1) is 13.0. The molecule has 144 valence electrons. The lowest BCUT2D eigenvalue weighted by atomic mass is 10.1. The molecule has 1 aliphatic heterocycles. The van der Waals surface area contributed by atoms with Crippen LogP contribution in [0, 0.1) is 0 Å². The number of carbonyl (C=O) groups excluding carboxylic acids is 1. The van der Waals surface area contributed by atoms with Crippen LogP contribution in [0.3, 0.4) is 0 Å². The number of aliphatic hydroxyl groups excluding tert-OH is 1. The lowest BCUT2D eigenvalue weighted by Crippen LogP contribution is -2.46. The van der Waals surface area contributed by atoms with E-state index >= 15 is 0 Å². The Labute approximate surface area is 163 Å². The number of hydrogen-bond donors (Lipinski definition) is 2. The molecule has 27 heavy (non-hydrogen) atoms. The summed E-state index contributed by atoms with van der Waals surface area (Å²) < 4.78 is 26.7. The summed E-state index contributed by atoms with van der Waals surface area (Å²) >= 11 is 1.46. The van der Waals surface area contributed by atoms with E-state index in [0.717, 1.165) is 10.4 Å². The standard InChI is InChI=1S/C19H22N2O4S2/c22-13-15-12-17(26-14-15)6-7-19(23)20-16-8-10-21(11-9-16)27(24,25)18-4-2-1-3-5-18/h1-7,12,14,16,22H,8-11,13H2,(H,20,23). The molecule has 0 spiro atoms. The van der Waals surface area contributed by atoms with Gasteiger partial charge in [-0.25, -0.2) is 8.42 Å². The van der Waals surface area contributed by atoms with Crippen molar-refractivity contribution in [1.29, 1.82) is 0 Å². The molecule has 3 rings (SSSR count). The van der Waals surface area contributed by atoms with E-state index in [1.807, 2.05) is 11.4 Å². The first-order valence-corrected chi connectivity index (χ1v) is 11.0. The topological polar surface area (TPSA) is 86.7 Å². The number of nitrogens with zero attached hydrogens (tertiary/aromatic N) is 1. The van der Waals surface area contributed by atoms with Gasteiger partial charge >= 0.3 is 0 Å². The Morgan fingerprint density at radius 2 is 1.96 bits per heavy atom. The van der Waals surface area contributed by atoms with Gasteiger partial charge < -0.3 is 10.4 Å². The maximum absolute atomic E-state index is 12.6. The zero-order chi connectivity index (χ0) is 19.3. The van der Waals surface area contributed by atoms with E-state index < -0.39 is 10.0 Å². The molecule has 1 aromatic carbocycles. The summed E-state index contributed by atoms with van der Waals surface area (Å²) in [5.74, 6) is -0.196. The van der Waals surface area contributed by atoms with Crippen LogP contribution in [0.25, 0.3) is 6.08 Å². The van der Waals surface area contributed by atoms with Crippen molar-refractivity contribution >= 4 is 33.3 Å². The second-order valence-corrected chi connectivity index (χ2v) is 9.23. The van der Waals surface area contributed by atoms with E-state index in [4.69, 9.17) is 5.11 Å². The molecule has 1 aromatic heterocycles. The van der Waals surface area contributed by atoms with E-state index in [0.29, 0.717) is 30.8 Å². The zero-order valence-corrected chi connectivity index (χ0v) is 16.4. The predicted molar refractivity (Wildman–Crippen MR) is 106 cm³/mol. The Balaban J connectivity index is 1.51. The molecular weight excluding hydrogens is 384 g/mol. The van der Waals surface area contributed by atoms with Crippen molar-refractivity contribution in [2.75, 3.05) is 13.1 Å². The molecule has 0 radical (unpaired) electrons. The van der Waals surface area contributed by atoms with Crippen molar-refractivity contribution in [3.63, 3.8) is 0 Å². The van der Waals surface area contributed by atoms with Gasteiger partial charge in [0.2, 0.25) is 15.9 Å². The lowest BCUT2D eigenvalue weighted by Gasteiger charge is -2.31. The highest BCUT2D eigenvalue weighted by atomic mass is 32.2. The Morgan fingerprint density at radius 1 is 1.26 bits per heavy atom. The molecule has 2 heterocycles. The fourth-order valence-electron chi connectivity index (χ4n) is 2.95. The molecule has 1 saturated heterocycles. The van der Waals surface area contributed by atoms with Gasteiger partial charge in [0, 0.05) is 30.1 Å². The third-order valence-electron chi connectivity index (χ3n) is 4.44. The second-order valence-electron chi connectivity index (χ2n) is 6.35. The van der Waals surface area contributed by atoms with E-state index in [2.05, 4.69) is 5.32 Å². The van der Waals surface area contributed by atoms with Crippen LogP contribution >= 0.6 is 11.3 Å². The van der Waals surface area contributed by atoms with E-state index in [9.17, 15) is 13.2 Å². The number of aliphatic hydroxyl groups is 1. The smallest absolute Gasteiger partial charge is 0.244 e. The van der Waals surface area contributed by atoms with Crippen molar-refractivity contribution in [3.05, 3.63) is 58.3 Å². The molecular formula is C19H22N2O4S2. The minimum Gasteiger partial charge on any atom is -0.392 e. The first-order valence-electron chi connectivity index (χ1n) is 8.71. The van der Waals surface area contributed by atoms with E-state index in [1.54, 1.807) is 36.4 Å². The number of piperidine rings is 1. The van der Waals surface area contributed by atoms with Crippen molar-refractivity contribution in [3.8, 4) is 0 Å². The third-order valence-corrected chi connectivity index (χ3v) is 7.30. The van der Waals surface area contributed by atoms with Gasteiger partial charge in [-0.2, -0.15) is 4.31 Å². The number of sulfonamides is 1.